The molecule has 41 heavy (non-hydrogen) atoms. The number of rotatable bonds is 10. The van der Waals surface area contributed by atoms with Crippen LogP contribution in [0.2, 0.25) is 0 Å². The summed E-state index contributed by atoms with van der Waals surface area (Å²) in [5.74, 6) is 0.924. The molecule has 5 rings (SSSR count). The number of hydrogen-bond donors (Lipinski definition) is 0. The second kappa shape index (κ2) is 13.2. The normalized spacial score (nSPS) is 19.6. The molecule has 218 valence electrons. The van der Waals surface area contributed by atoms with Crippen molar-refractivity contribution in [1.29, 1.82) is 0 Å². The summed E-state index contributed by atoms with van der Waals surface area (Å²) in [6, 6.07) is 22.8. The number of sulfonamides is 1. The van der Waals surface area contributed by atoms with Crippen LogP contribution in [-0.2, 0) is 32.7 Å². The van der Waals surface area contributed by atoms with E-state index >= 15 is 0 Å². The third kappa shape index (κ3) is 7.38. The molecule has 1 heterocycles. The summed E-state index contributed by atoms with van der Waals surface area (Å²) in [4.78, 5) is 13.2. The maximum Gasteiger partial charge on any atom is 0.306 e. The summed E-state index contributed by atoms with van der Waals surface area (Å²) in [7, 11) is -3.74. The smallest absolute Gasteiger partial charge is 0.306 e. The molecule has 2 aliphatic rings. The van der Waals surface area contributed by atoms with Crippen molar-refractivity contribution in [3.63, 3.8) is 0 Å². The zero-order valence-corrected chi connectivity index (χ0v) is 24.9. The first kappa shape index (κ1) is 29.3. The van der Waals surface area contributed by atoms with Crippen molar-refractivity contribution in [1.82, 2.24) is 4.31 Å². The first-order valence-electron chi connectivity index (χ1n) is 14.8. The average Bonchev–Trinajstić information content (AvgIpc) is 3.46. The number of para-hydroxylation sites is 1. The maximum atomic E-state index is 13.7. The fourth-order valence-corrected chi connectivity index (χ4v) is 7.73. The van der Waals surface area contributed by atoms with Crippen LogP contribution in [0.25, 0.3) is 0 Å². The lowest BCUT2D eigenvalue weighted by Crippen LogP contribution is -2.35. The third-order valence-corrected chi connectivity index (χ3v) is 10.4. The van der Waals surface area contributed by atoms with Gasteiger partial charge in [0.15, 0.2) is 0 Å². The molecule has 0 radical (unpaired) electrons. The molecule has 7 heteroatoms. The number of nitrogens with zero attached hydrogens (tertiary/aromatic N) is 1. The topological polar surface area (TPSA) is 72.9 Å². The monoisotopic (exact) mass is 575 g/mol. The van der Waals surface area contributed by atoms with E-state index in [4.69, 9.17) is 9.47 Å². The number of carbonyl (C=O) groups is 1. The number of hydrogen-bond acceptors (Lipinski definition) is 5. The largest absolute Gasteiger partial charge is 0.488 e. The van der Waals surface area contributed by atoms with Crippen LogP contribution in [-0.4, -0.2) is 31.3 Å². The Morgan fingerprint density at radius 2 is 1.76 bits per heavy atom. The Kier molecular flexibility index (Phi) is 9.46. The van der Waals surface area contributed by atoms with Gasteiger partial charge in [-0.25, -0.2) is 8.42 Å². The maximum absolute atomic E-state index is 13.7. The fraction of sp³-hybridized carbons (Fsp3) is 0.441. The predicted molar refractivity (Wildman–Crippen MR) is 160 cm³/mol. The molecular formula is C34H41NO5S. The van der Waals surface area contributed by atoms with Crippen molar-refractivity contribution in [2.45, 2.75) is 88.9 Å². The van der Waals surface area contributed by atoms with Crippen molar-refractivity contribution >= 4 is 16.0 Å². The van der Waals surface area contributed by atoms with E-state index in [0.717, 1.165) is 35.1 Å². The molecule has 0 aromatic heterocycles. The summed E-state index contributed by atoms with van der Waals surface area (Å²) >= 11 is 0. The van der Waals surface area contributed by atoms with E-state index < -0.39 is 10.0 Å². The molecule has 2 atom stereocenters. The minimum atomic E-state index is -3.74. The standard InChI is InChI=1S/C34H41NO5S/c1-25-16-18-29(20-31(25)23-35-22-26(2)40-32-14-8-9-15-33(32)41(35,37)38)30(19-17-27-10-6-7-11-27)21-34(36)39-24-28-12-4-3-5-13-28/h3-5,8-9,12-16,18,20,26-27,30H,6-7,10-11,17,19,21-24H2,1-2H3/t26-,30?/m1/s1. The molecule has 6 nitrogen and oxygen atoms in total. The fourth-order valence-electron chi connectivity index (χ4n) is 6.11. The Labute approximate surface area is 244 Å². The molecule has 1 aliphatic heterocycles. The summed E-state index contributed by atoms with van der Waals surface area (Å²) in [5, 5.41) is 0. The van der Waals surface area contributed by atoms with Crippen LogP contribution < -0.4 is 4.74 Å². The van der Waals surface area contributed by atoms with Gasteiger partial charge < -0.3 is 9.47 Å². The van der Waals surface area contributed by atoms with Gasteiger partial charge in [-0.05, 0) is 72.9 Å². The molecule has 1 saturated carbocycles. The summed E-state index contributed by atoms with van der Waals surface area (Å²) in [6.07, 6.45) is 7.13. The average molecular weight is 576 g/mol. The summed E-state index contributed by atoms with van der Waals surface area (Å²) < 4.78 is 40.5. The minimum Gasteiger partial charge on any atom is -0.488 e. The van der Waals surface area contributed by atoms with E-state index in [1.54, 1.807) is 24.3 Å². The lowest BCUT2D eigenvalue weighted by molar-refractivity contribution is -0.145. The van der Waals surface area contributed by atoms with E-state index in [2.05, 4.69) is 18.2 Å². The van der Waals surface area contributed by atoms with Gasteiger partial charge in [-0.2, -0.15) is 4.31 Å². The van der Waals surface area contributed by atoms with Gasteiger partial charge in [0.2, 0.25) is 10.0 Å². The van der Waals surface area contributed by atoms with Crippen LogP contribution in [0.4, 0.5) is 0 Å². The van der Waals surface area contributed by atoms with Gasteiger partial charge in [-0.3, -0.25) is 4.79 Å². The third-order valence-electron chi connectivity index (χ3n) is 8.50. The van der Waals surface area contributed by atoms with Crippen LogP contribution in [0, 0.1) is 12.8 Å². The number of ether oxygens (including phenoxy) is 2. The molecule has 3 aromatic rings. The number of esters is 1. The van der Waals surface area contributed by atoms with Gasteiger partial charge in [0.1, 0.15) is 23.4 Å². The Morgan fingerprint density at radius 3 is 2.54 bits per heavy atom. The van der Waals surface area contributed by atoms with Gasteiger partial charge in [-0.15, -0.1) is 0 Å². The zero-order chi connectivity index (χ0) is 28.8. The number of aryl methyl sites for hydroxylation is 1. The van der Waals surface area contributed by atoms with E-state index in [1.807, 2.05) is 44.2 Å². The summed E-state index contributed by atoms with van der Waals surface area (Å²) in [6.45, 7) is 4.69. The Balaban J connectivity index is 1.36. The van der Waals surface area contributed by atoms with E-state index in [0.29, 0.717) is 18.1 Å². The lowest BCUT2D eigenvalue weighted by atomic mass is 9.86. The van der Waals surface area contributed by atoms with Crippen LogP contribution in [0.15, 0.2) is 77.7 Å². The van der Waals surface area contributed by atoms with E-state index in [1.165, 1.54) is 30.0 Å². The van der Waals surface area contributed by atoms with Gasteiger partial charge in [-0.1, -0.05) is 86.3 Å². The Morgan fingerprint density at radius 1 is 1.02 bits per heavy atom. The van der Waals surface area contributed by atoms with Gasteiger partial charge >= 0.3 is 5.97 Å². The zero-order valence-electron chi connectivity index (χ0n) is 24.1. The second-order valence-electron chi connectivity index (χ2n) is 11.6. The lowest BCUT2D eigenvalue weighted by Gasteiger charge is -2.24. The molecule has 0 bridgehead atoms. The van der Waals surface area contributed by atoms with Crippen molar-refractivity contribution in [2.24, 2.45) is 5.92 Å². The Hall–Kier alpha value is -3.16. The highest BCUT2D eigenvalue weighted by Crippen LogP contribution is 2.36. The number of fused-ring (bicyclic) bond motifs is 1. The van der Waals surface area contributed by atoms with Crippen LogP contribution >= 0.6 is 0 Å². The van der Waals surface area contributed by atoms with E-state index in [9.17, 15) is 13.2 Å². The van der Waals surface area contributed by atoms with Crippen molar-refractivity contribution in [3.8, 4) is 5.75 Å². The van der Waals surface area contributed by atoms with Gasteiger partial charge in [0, 0.05) is 6.54 Å². The van der Waals surface area contributed by atoms with Crippen LogP contribution in [0.3, 0.4) is 0 Å². The van der Waals surface area contributed by atoms with Gasteiger partial charge in [0.25, 0.3) is 0 Å². The van der Waals surface area contributed by atoms with Crippen molar-refractivity contribution in [3.05, 3.63) is 95.1 Å². The molecule has 1 aliphatic carbocycles. The van der Waals surface area contributed by atoms with E-state index in [-0.39, 0.29) is 42.6 Å². The number of carbonyl (C=O) groups excluding carboxylic acids is 1. The highest BCUT2D eigenvalue weighted by Gasteiger charge is 2.33. The van der Waals surface area contributed by atoms with Crippen LogP contribution in [0.5, 0.6) is 5.75 Å². The molecule has 1 fully saturated rings. The first-order valence-corrected chi connectivity index (χ1v) is 16.3. The highest BCUT2D eigenvalue weighted by atomic mass is 32.2. The van der Waals surface area contributed by atoms with Crippen molar-refractivity contribution < 1.29 is 22.7 Å². The SMILES string of the molecule is Cc1ccc(C(CCC2CCCC2)CC(=O)OCc2ccccc2)cc1CN1C[C@@H](C)Oc2ccccc2S1(=O)=O. The molecule has 0 saturated heterocycles. The molecule has 0 amide bonds. The highest BCUT2D eigenvalue weighted by molar-refractivity contribution is 7.89. The molecule has 3 aromatic carbocycles. The molecular weight excluding hydrogens is 534 g/mol. The quantitative estimate of drug-likeness (QED) is 0.240. The van der Waals surface area contributed by atoms with Crippen LogP contribution in [0.1, 0.15) is 80.0 Å². The second-order valence-corrected chi connectivity index (χ2v) is 13.5. The molecule has 1 unspecified atom stereocenters. The summed E-state index contributed by atoms with van der Waals surface area (Å²) in [5.41, 5.74) is 4.01. The van der Waals surface area contributed by atoms with Crippen molar-refractivity contribution in [2.75, 3.05) is 6.54 Å². The predicted octanol–water partition coefficient (Wildman–Crippen LogP) is 7.15. The molecule has 0 spiro atoms. The molecule has 0 N–H and O–H groups in total. The minimum absolute atomic E-state index is 0.0157. The number of benzene rings is 3. The van der Waals surface area contributed by atoms with Gasteiger partial charge in [0.05, 0.1) is 13.0 Å². The Bertz CT molecular complexity index is 1430. The first-order chi connectivity index (χ1) is 19.8.